The molecule has 0 spiro atoms. The molecule has 0 atom stereocenters. The quantitative estimate of drug-likeness (QED) is 0.499. The third-order valence-corrected chi connectivity index (χ3v) is 4.23. The van der Waals surface area contributed by atoms with Gasteiger partial charge in [0.05, 0.1) is 6.54 Å². The van der Waals surface area contributed by atoms with Crippen LogP contribution in [-0.4, -0.2) is 31.0 Å². The van der Waals surface area contributed by atoms with E-state index in [-0.39, 0.29) is 0 Å². The first-order valence-electron chi connectivity index (χ1n) is 8.43. The first kappa shape index (κ1) is 16.8. The second kappa shape index (κ2) is 8.79. The van der Waals surface area contributed by atoms with Gasteiger partial charge in [-0.3, -0.25) is 0 Å². The summed E-state index contributed by atoms with van der Waals surface area (Å²) in [4.78, 5) is 6.73. The number of hydrogen-bond donors (Lipinski definition) is 2. The van der Waals surface area contributed by atoms with Crippen LogP contribution in [0.5, 0.6) is 0 Å². The molecule has 4 heteroatoms. The highest BCUT2D eigenvalue weighted by atomic mass is 15.1. The molecule has 1 aromatic rings. The van der Waals surface area contributed by atoms with Gasteiger partial charge < -0.3 is 16.0 Å². The average molecular weight is 302 g/mol. The normalized spacial score (nSPS) is 17.5. The van der Waals surface area contributed by atoms with Gasteiger partial charge in [-0.05, 0) is 38.1 Å². The summed E-state index contributed by atoms with van der Waals surface area (Å²) in [6, 6.07) is 8.96. The summed E-state index contributed by atoms with van der Waals surface area (Å²) in [7, 11) is 4.17. The molecule has 0 aromatic heterocycles. The Morgan fingerprint density at radius 3 is 2.41 bits per heavy atom. The Labute approximate surface area is 134 Å². The zero-order valence-corrected chi connectivity index (χ0v) is 14.0. The van der Waals surface area contributed by atoms with Crippen molar-refractivity contribution in [2.45, 2.75) is 57.7 Å². The smallest absolute Gasteiger partial charge is 0.189 e. The Morgan fingerprint density at radius 1 is 1.14 bits per heavy atom. The monoisotopic (exact) mass is 302 g/mol. The summed E-state index contributed by atoms with van der Waals surface area (Å²) < 4.78 is 0. The van der Waals surface area contributed by atoms with Crippen LogP contribution in [0.4, 0.5) is 0 Å². The van der Waals surface area contributed by atoms with E-state index in [1.807, 2.05) is 0 Å². The molecule has 0 radical (unpaired) electrons. The third-order valence-electron chi connectivity index (χ3n) is 4.23. The van der Waals surface area contributed by atoms with Crippen molar-refractivity contribution >= 4 is 5.96 Å². The fourth-order valence-electron chi connectivity index (χ4n) is 3.06. The molecule has 1 saturated carbocycles. The maximum Gasteiger partial charge on any atom is 0.189 e. The van der Waals surface area contributed by atoms with Crippen molar-refractivity contribution in [3.8, 4) is 0 Å². The fourth-order valence-corrected chi connectivity index (χ4v) is 3.06. The number of aliphatic imine (C=N–C) groups is 1. The summed E-state index contributed by atoms with van der Waals surface area (Å²) in [5.41, 5.74) is 8.65. The standard InChI is InChI=1S/C18H30N4/c1-22(2)14-16-10-8-7-9-15(16)13-20-18(19)21-17-11-5-3-4-6-12-17/h7-10,17H,3-6,11-14H2,1-2H3,(H3,19,20,21). The summed E-state index contributed by atoms with van der Waals surface area (Å²) >= 11 is 0. The van der Waals surface area contributed by atoms with Crippen molar-refractivity contribution in [3.63, 3.8) is 0 Å². The van der Waals surface area contributed by atoms with Crippen LogP contribution in [0.15, 0.2) is 29.3 Å². The lowest BCUT2D eigenvalue weighted by molar-refractivity contribution is 0.401. The maximum atomic E-state index is 6.08. The first-order chi connectivity index (χ1) is 10.6. The van der Waals surface area contributed by atoms with E-state index in [2.05, 4.69) is 53.6 Å². The maximum absolute atomic E-state index is 6.08. The van der Waals surface area contributed by atoms with Crippen LogP contribution in [0, 0.1) is 0 Å². The summed E-state index contributed by atoms with van der Waals surface area (Å²) in [6.07, 6.45) is 7.74. The van der Waals surface area contributed by atoms with Crippen LogP contribution in [-0.2, 0) is 13.1 Å². The topological polar surface area (TPSA) is 53.6 Å². The molecule has 0 amide bonds. The van der Waals surface area contributed by atoms with Gasteiger partial charge in [0.1, 0.15) is 0 Å². The highest BCUT2D eigenvalue weighted by Gasteiger charge is 2.12. The number of nitrogens with zero attached hydrogens (tertiary/aromatic N) is 2. The van der Waals surface area contributed by atoms with E-state index in [4.69, 9.17) is 5.73 Å². The number of benzene rings is 1. The van der Waals surface area contributed by atoms with Gasteiger partial charge in [-0.2, -0.15) is 0 Å². The van der Waals surface area contributed by atoms with Crippen LogP contribution in [0.3, 0.4) is 0 Å². The average Bonchev–Trinajstić information content (AvgIpc) is 2.74. The molecule has 2 rings (SSSR count). The van der Waals surface area contributed by atoms with Gasteiger partial charge in [-0.25, -0.2) is 4.99 Å². The Balaban J connectivity index is 1.92. The lowest BCUT2D eigenvalue weighted by atomic mass is 10.1. The van der Waals surface area contributed by atoms with Crippen molar-refractivity contribution in [1.29, 1.82) is 0 Å². The summed E-state index contributed by atoms with van der Waals surface area (Å²) in [5, 5.41) is 3.41. The SMILES string of the molecule is CN(C)Cc1ccccc1CN=C(N)NC1CCCCCC1. The minimum Gasteiger partial charge on any atom is -0.370 e. The predicted octanol–water partition coefficient (Wildman–Crippen LogP) is 2.88. The van der Waals surface area contributed by atoms with Gasteiger partial charge in [0, 0.05) is 12.6 Å². The van der Waals surface area contributed by atoms with E-state index in [9.17, 15) is 0 Å². The molecule has 4 nitrogen and oxygen atoms in total. The fraction of sp³-hybridized carbons (Fsp3) is 0.611. The number of hydrogen-bond acceptors (Lipinski definition) is 2. The zero-order chi connectivity index (χ0) is 15.8. The number of rotatable bonds is 5. The molecule has 0 aliphatic heterocycles. The predicted molar refractivity (Wildman–Crippen MR) is 93.8 cm³/mol. The molecular weight excluding hydrogens is 272 g/mol. The number of guanidine groups is 1. The van der Waals surface area contributed by atoms with Gasteiger partial charge in [-0.1, -0.05) is 49.9 Å². The van der Waals surface area contributed by atoms with Gasteiger partial charge in [0.25, 0.3) is 0 Å². The van der Waals surface area contributed by atoms with Crippen molar-refractivity contribution in [3.05, 3.63) is 35.4 Å². The molecule has 1 aliphatic carbocycles. The van der Waals surface area contributed by atoms with Crippen LogP contribution in [0.2, 0.25) is 0 Å². The minimum atomic E-state index is 0.503. The van der Waals surface area contributed by atoms with Crippen LogP contribution in [0.25, 0.3) is 0 Å². The first-order valence-corrected chi connectivity index (χ1v) is 8.43. The van der Waals surface area contributed by atoms with Crippen molar-refractivity contribution < 1.29 is 0 Å². The Hall–Kier alpha value is -1.55. The van der Waals surface area contributed by atoms with E-state index in [0.717, 1.165) is 6.54 Å². The molecule has 1 aromatic carbocycles. The largest absolute Gasteiger partial charge is 0.370 e. The lowest BCUT2D eigenvalue weighted by Gasteiger charge is -2.17. The van der Waals surface area contributed by atoms with Gasteiger partial charge in [-0.15, -0.1) is 0 Å². The molecule has 0 saturated heterocycles. The van der Waals surface area contributed by atoms with Crippen LogP contribution in [0.1, 0.15) is 49.7 Å². The van der Waals surface area contributed by atoms with Gasteiger partial charge >= 0.3 is 0 Å². The summed E-state index contributed by atoms with van der Waals surface area (Å²) in [6.45, 7) is 1.58. The van der Waals surface area contributed by atoms with E-state index in [1.54, 1.807) is 0 Å². The Kier molecular flexibility index (Phi) is 6.72. The highest BCUT2D eigenvalue weighted by Crippen LogP contribution is 2.17. The second-order valence-electron chi connectivity index (χ2n) is 6.54. The van der Waals surface area contributed by atoms with E-state index in [0.29, 0.717) is 18.5 Å². The summed E-state index contributed by atoms with van der Waals surface area (Å²) in [5.74, 6) is 0.589. The molecule has 0 bridgehead atoms. The molecule has 1 aliphatic rings. The molecule has 122 valence electrons. The molecule has 1 fully saturated rings. The van der Waals surface area contributed by atoms with E-state index < -0.39 is 0 Å². The van der Waals surface area contributed by atoms with Crippen molar-refractivity contribution in [2.24, 2.45) is 10.7 Å². The van der Waals surface area contributed by atoms with E-state index >= 15 is 0 Å². The number of nitrogens with one attached hydrogen (secondary N) is 1. The third kappa shape index (κ3) is 5.68. The minimum absolute atomic E-state index is 0.503. The highest BCUT2D eigenvalue weighted by molar-refractivity contribution is 5.78. The lowest BCUT2D eigenvalue weighted by Crippen LogP contribution is -2.39. The van der Waals surface area contributed by atoms with Crippen molar-refractivity contribution in [1.82, 2.24) is 10.2 Å². The molecule has 0 unspecified atom stereocenters. The molecule has 0 heterocycles. The van der Waals surface area contributed by atoms with Crippen molar-refractivity contribution in [2.75, 3.05) is 14.1 Å². The number of nitrogens with two attached hydrogens (primary N) is 1. The molecular formula is C18H30N4. The molecule has 3 N–H and O–H groups in total. The van der Waals surface area contributed by atoms with Crippen LogP contribution >= 0.6 is 0 Å². The van der Waals surface area contributed by atoms with E-state index in [1.165, 1.54) is 49.7 Å². The van der Waals surface area contributed by atoms with Crippen LogP contribution < -0.4 is 11.1 Å². The van der Waals surface area contributed by atoms with Gasteiger partial charge in [0.15, 0.2) is 5.96 Å². The molecule has 22 heavy (non-hydrogen) atoms. The van der Waals surface area contributed by atoms with Gasteiger partial charge in [0.2, 0.25) is 0 Å². The Morgan fingerprint density at radius 2 is 1.77 bits per heavy atom. The zero-order valence-electron chi connectivity index (χ0n) is 14.0. The second-order valence-corrected chi connectivity index (χ2v) is 6.54. The Bertz CT molecular complexity index is 474.